The Morgan fingerprint density at radius 3 is 2.39 bits per heavy atom. The number of nitrogens with zero attached hydrogens (tertiary/aromatic N) is 6. The van der Waals surface area contributed by atoms with Gasteiger partial charge in [-0.25, -0.2) is 9.97 Å². The van der Waals surface area contributed by atoms with Crippen LogP contribution in [0.2, 0.25) is 0 Å². The molecule has 3 aromatic carbocycles. The minimum atomic E-state index is -0.712. The molecule has 2 saturated heterocycles. The van der Waals surface area contributed by atoms with Crippen molar-refractivity contribution in [3.8, 4) is 39.2 Å². The normalized spacial score (nSPS) is 19.6. The molecule has 0 radical (unpaired) electrons. The highest BCUT2D eigenvalue weighted by Crippen LogP contribution is 2.40. The lowest BCUT2D eigenvalue weighted by Crippen LogP contribution is -2.38. The first kappa shape index (κ1) is 31.8. The number of β-amino-alcohol motifs (C(OH)–C–C–N with tert-alkyl or cyclic N) is 1. The number of thiazole rings is 1. The summed E-state index contributed by atoms with van der Waals surface area (Å²) in [6.07, 6.45) is 3.14. The number of fused-ring (bicyclic) bond motifs is 2. The maximum atomic E-state index is 13.1. The second-order valence-corrected chi connectivity index (χ2v) is 15.2. The van der Waals surface area contributed by atoms with Gasteiger partial charge in [-0.15, -0.1) is 11.3 Å². The number of carbonyl (C=O) groups is 1. The Labute approximate surface area is 290 Å². The molecule has 3 aliphatic rings. The number of oxazole rings is 1. The number of aliphatic hydroxyl groups is 1. The van der Waals surface area contributed by atoms with Gasteiger partial charge < -0.3 is 14.4 Å². The van der Waals surface area contributed by atoms with E-state index in [4.69, 9.17) is 14.4 Å². The average Bonchev–Trinajstić information content (AvgIpc) is 3.91. The quantitative estimate of drug-likeness (QED) is 0.204. The summed E-state index contributed by atoms with van der Waals surface area (Å²) in [6, 6.07) is 18.9. The van der Waals surface area contributed by atoms with E-state index in [0.717, 1.165) is 80.7 Å². The van der Waals surface area contributed by atoms with Gasteiger partial charge in [0.2, 0.25) is 11.8 Å². The number of likely N-dealkylation sites (tertiary alicyclic amines) is 2. The van der Waals surface area contributed by atoms with Gasteiger partial charge in [-0.2, -0.15) is 5.26 Å². The Hall–Kier alpha value is -4.40. The van der Waals surface area contributed by atoms with Crippen molar-refractivity contribution in [3.63, 3.8) is 0 Å². The molecule has 2 fully saturated rings. The van der Waals surface area contributed by atoms with Crippen LogP contribution in [0.3, 0.4) is 0 Å². The van der Waals surface area contributed by atoms with Crippen LogP contribution < -0.4 is 0 Å². The average molecular weight is 673 g/mol. The van der Waals surface area contributed by atoms with Crippen molar-refractivity contribution in [3.05, 3.63) is 81.4 Å². The second-order valence-electron chi connectivity index (χ2n) is 14.2. The monoisotopic (exact) mass is 672 g/mol. The van der Waals surface area contributed by atoms with Crippen LogP contribution in [0.15, 0.2) is 52.9 Å². The summed E-state index contributed by atoms with van der Waals surface area (Å²) in [5.41, 5.74) is 9.52. The summed E-state index contributed by atoms with van der Waals surface area (Å²) in [5, 5.41) is 21.2. The number of aromatic nitrogens is 2. The van der Waals surface area contributed by atoms with Gasteiger partial charge in [0.15, 0.2) is 5.58 Å². The third-order valence-electron chi connectivity index (χ3n) is 10.4. The summed E-state index contributed by atoms with van der Waals surface area (Å²) in [5.74, 6) is 0.604. The summed E-state index contributed by atoms with van der Waals surface area (Å²) >= 11 is 1.66. The molecule has 5 heterocycles. The number of nitriles is 1. The lowest BCUT2D eigenvalue weighted by Gasteiger charge is -2.22. The van der Waals surface area contributed by atoms with Crippen LogP contribution in [0, 0.1) is 25.2 Å². The van der Waals surface area contributed by atoms with Gasteiger partial charge in [-0.05, 0) is 99.1 Å². The van der Waals surface area contributed by atoms with Crippen LogP contribution >= 0.6 is 11.3 Å². The highest BCUT2D eigenvalue weighted by molar-refractivity contribution is 7.15. The summed E-state index contributed by atoms with van der Waals surface area (Å²) in [4.78, 5) is 30.5. The van der Waals surface area contributed by atoms with Gasteiger partial charge in [0.05, 0.1) is 36.5 Å². The molecule has 5 aromatic rings. The SMILES string of the molecule is Cc1c(-c2nc3cc(CN4CCCC4)cc(C#N)c3o2)cccc1-c1cccc(-c2nc3c(s2)CN(C(=O)CN2CC[C@](C)(O)C2)C3)c1C. The molecule has 49 heavy (non-hydrogen) atoms. The van der Waals surface area contributed by atoms with Gasteiger partial charge in [0.25, 0.3) is 0 Å². The van der Waals surface area contributed by atoms with Gasteiger partial charge in [-0.3, -0.25) is 14.6 Å². The van der Waals surface area contributed by atoms with Gasteiger partial charge in [0, 0.05) is 35.6 Å². The van der Waals surface area contributed by atoms with Crippen molar-refractivity contribution in [1.29, 1.82) is 5.26 Å². The molecule has 9 nitrogen and oxygen atoms in total. The minimum absolute atomic E-state index is 0.0864. The Balaban J connectivity index is 1.04. The lowest BCUT2D eigenvalue weighted by atomic mass is 9.91. The summed E-state index contributed by atoms with van der Waals surface area (Å²) in [6.45, 7) is 11.8. The molecule has 10 heteroatoms. The number of hydrogen-bond acceptors (Lipinski definition) is 9. The van der Waals surface area contributed by atoms with E-state index in [1.807, 2.05) is 34.9 Å². The molecular weight excluding hydrogens is 633 g/mol. The second kappa shape index (κ2) is 12.5. The first-order valence-electron chi connectivity index (χ1n) is 17.1. The highest BCUT2D eigenvalue weighted by atomic mass is 32.1. The third-order valence-corrected chi connectivity index (χ3v) is 11.5. The number of benzene rings is 3. The van der Waals surface area contributed by atoms with E-state index < -0.39 is 5.60 Å². The molecule has 2 aromatic heterocycles. The molecule has 8 rings (SSSR count). The van der Waals surface area contributed by atoms with E-state index in [9.17, 15) is 15.2 Å². The van der Waals surface area contributed by atoms with Crippen molar-refractivity contribution in [1.82, 2.24) is 24.7 Å². The lowest BCUT2D eigenvalue weighted by molar-refractivity contribution is -0.132. The van der Waals surface area contributed by atoms with Crippen LogP contribution in [-0.4, -0.2) is 74.0 Å². The molecule has 0 bridgehead atoms. The molecule has 3 aliphatic heterocycles. The summed E-state index contributed by atoms with van der Waals surface area (Å²) in [7, 11) is 0. The fourth-order valence-corrected chi connectivity index (χ4v) is 8.86. The van der Waals surface area contributed by atoms with Gasteiger partial charge in [-0.1, -0.05) is 30.3 Å². The number of carbonyl (C=O) groups excluding carboxylic acids is 1. The molecule has 1 N–H and O–H groups in total. The van der Waals surface area contributed by atoms with E-state index in [1.165, 1.54) is 12.8 Å². The maximum absolute atomic E-state index is 13.1. The van der Waals surface area contributed by atoms with Crippen LogP contribution in [0.5, 0.6) is 0 Å². The molecule has 0 spiro atoms. The fourth-order valence-electron chi connectivity index (χ4n) is 7.69. The molecule has 1 atom stereocenters. The zero-order valence-electron chi connectivity index (χ0n) is 28.3. The first-order chi connectivity index (χ1) is 23.7. The topological polar surface area (TPSA) is 110 Å². The van der Waals surface area contributed by atoms with Crippen molar-refractivity contribution in [2.24, 2.45) is 0 Å². The molecule has 1 amide bonds. The first-order valence-corrected chi connectivity index (χ1v) is 17.9. The van der Waals surface area contributed by atoms with Gasteiger partial charge in [0.1, 0.15) is 16.6 Å². The van der Waals surface area contributed by atoms with Gasteiger partial charge >= 0.3 is 0 Å². The highest BCUT2D eigenvalue weighted by Gasteiger charge is 2.34. The molecule has 250 valence electrons. The molecule has 0 unspecified atom stereocenters. The maximum Gasteiger partial charge on any atom is 0.237 e. The summed E-state index contributed by atoms with van der Waals surface area (Å²) < 4.78 is 6.31. The largest absolute Gasteiger partial charge is 0.435 e. The predicted molar refractivity (Wildman–Crippen MR) is 191 cm³/mol. The number of hydrogen-bond donors (Lipinski definition) is 1. The van der Waals surface area contributed by atoms with E-state index in [1.54, 1.807) is 11.3 Å². The number of amides is 1. The Kier molecular flexibility index (Phi) is 8.12. The number of rotatable bonds is 7. The Morgan fingerprint density at radius 1 is 0.980 bits per heavy atom. The van der Waals surface area contributed by atoms with Crippen molar-refractivity contribution >= 4 is 28.3 Å². The van der Waals surface area contributed by atoms with E-state index in [2.05, 4.69) is 55.1 Å². The smallest absolute Gasteiger partial charge is 0.237 e. The van der Waals surface area contributed by atoms with Crippen molar-refractivity contribution in [2.75, 3.05) is 32.7 Å². The zero-order valence-corrected chi connectivity index (χ0v) is 29.1. The third kappa shape index (κ3) is 6.06. The molecular formula is C39H40N6O3S. The standard InChI is InChI=1S/C39H40N6O3S/c1-24-28(8-6-10-30(24)37-41-32-17-26(19-43-13-4-5-14-43)16-27(18-40)36(32)48-37)29-9-7-11-31(25(29)2)38-42-33-20-45(21-34(33)49-38)35(46)22-44-15-12-39(3,47)23-44/h6-11,16-17,47H,4-5,12-15,19-23H2,1-3H3/t39-/m0/s1. The van der Waals surface area contributed by atoms with Crippen molar-refractivity contribution < 1.29 is 14.3 Å². The Bertz CT molecular complexity index is 2110. The van der Waals surface area contributed by atoms with Crippen LogP contribution in [0.25, 0.3) is 44.3 Å². The van der Waals surface area contributed by atoms with E-state index in [0.29, 0.717) is 55.2 Å². The zero-order chi connectivity index (χ0) is 33.9. The fraction of sp³-hybridized carbons (Fsp3) is 0.385. The predicted octanol–water partition coefficient (Wildman–Crippen LogP) is 6.67. The van der Waals surface area contributed by atoms with Crippen LogP contribution in [0.1, 0.15) is 59.0 Å². The van der Waals surface area contributed by atoms with E-state index >= 15 is 0 Å². The van der Waals surface area contributed by atoms with E-state index in [-0.39, 0.29) is 5.91 Å². The van der Waals surface area contributed by atoms with Crippen LogP contribution in [-0.2, 0) is 24.4 Å². The van der Waals surface area contributed by atoms with Crippen LogP contribution in [0.4, 0.5) is 0 Å². The molecule has 0 saturated carbocycles. The Morgan fingerprint density at radius 2 is 1.69 bits per heavy atom. The minimum Gasteiger partial charge on any atom is -0.435 e. The van der Waals surface area contributed by atoms with Crippen molar-refractivity contribution in [2.45, 2.75) is 65.3 Å². The molecule has 0 aliphatic carbocycles.